The third kappa shape index (κ3) is 3.01. The highest BCUT2D eigenvalue weighted by molar-refractivity contribution is 6.14. The number of rotatable bonds is 4. The van der Waals surface area contributed by atoms with Gasteiger partial charge in [0.25, 0.3) is 5.69 Å². The van der Waals surface area contributed by atoms with Crippen LogP contribution < -0.4 is 5.11 Å². The fourth-order valence-electron chi connectivity index (χ4n) is 2.48. The Morgan fingerprint density at radius 1 is 1.00 bits per heavy atom. The van der Waals surface area contributed by atoms with Gasteiger partial charge in [0.1, 0.15) is 0 Å². The van der Waals surface area contributed by atoms with Crippen LogP contribution in [0.1, 0.15) is 15.9 Å². The molecule has 118 valence electrons. The van der Waals surface area contributed by atoms with Crippen molar-refractivity contribution >= 4 is 28.3 Å². The van der Waals surface area contributed by atoms with Gasteiger partial charge in [-0.1, -0.05) is 60.7 Å². The molecule has 3 rings (SSSR count). The van der Waals surface area contributed by atoms with E-state index in [0.29, 0.717) is 11.1 Å². The van der Waals surface area contributed by atoms with Gasteiger partial charge in [-0.05, 0) is 28.2 Å². The molecule has 0 aromatic heterocycles. The second-order valence-electron chi connectivity index (χ2n) is 5.21. The summed E-state index contributed by atoms with van der Waals surface area (Å²) in [4.78, 5) is 22.5. The quantitative estimate of drug-likeness (QED) is 0.318. The number of benzene rings is 3. The first-order valence-corrected chi connectivity index (χ1v) is 7.22. The summed E-state index contributed by atoms with van der Waals surface area (Å²) < 4.78 is 0. The second kappa shape index (κ2) is 6.34. The van der Waals surface area contributed by atoms with Crippen LogP contribution in [0.25, 0.3) is 16.8 Å². The minimum absolute atomic E-state index is 0.208. The Kier molecular flexibility index (Phi) is 4.07. The Hall–Kier alpha value is -3.47. The molecule has 0 spiro atoms. The van der Waals surface area contributed by atoms with E-state index in [2.05, 4.69) is 0 Å². The van der Waals surface area contributed by atoms with Gasteiger partial charge in [0.05, 0.1) is 4.92 Å². The zero-order valence-electron chi connectivity index (χ0n) is 12.5. The molecule has 0 saturated carbocycles. The summed E-state index contributed by atoms with van der Waals surface area (Å²) in [6, 6.07) is 16.7. The molecule has 0 aliphatic rings. The molecular weight excluding hydrogens is 306 g/mol. The van der Waals surface area contributed by atoms with Gasteiger partial charge < -0.3 is 5.11 Å². The lowest BCUT2D eigenvalue weighted by Gasteiger charge is -2.06. The van der Waals surface area contributed by atoms with Crippen molar-refractivity contribution in [3.8, 4) is 5.75 Å². The molecule has 0 radical (unpaired) electrons. The fraction of sp³-hybridized carbons (Fsp3) is 0. The minimum atomic E-state index is -0.730. The molecule has 24 heavy (non-hydrogen) atoms. The van der Waals surface area contributed by atoms with E-state index in [4.69, 9.17) is 0 Å². The highest BCUT2D eigenvalue weighted by Gasteiger charge is 2.08. The van der Waals surface area contributed by atoms with Crippen molar-refractivity contribution in [2.24, 2.45) is 0 Å². The van der Waals surface area contributed by atoms with Crippen molar-refractivity contribution in [3.05, 3.63) is 88.0 Å². The highest BCUT2D eigenvalue weighted by atomic mass is 16.6. The van der Waals surface area contributed by atoms with Crippen molar-refractivity contribution in [3.63, 3.8) is 0 Å². The largest absolute Gasteiger partial charge is 0.868 e. The van der Waals surface area contributed by atoms with Gasteiger partial charge in [0.15, 0.2) is 5.78 Å². The van der Waals surface area contributed by atoms with Crippen molar-refractivity contribution < 1.29 is 14.8 Å². The molecule has 0 heterocycles. The Balaban J connectivity index is 1.93. The number of nitro benzene ring substituents is 1. The number of carbonyl (C=O) groups excluding carboxylic acids is 1. The monoisotopic (exact) mass is 318 g/mol. The van der Waals surface area contributed by atoms with Gasteiger partial charge >= 0.3 is 0 Å². The molecular formula is C19H12NO4-. The first-order chi connectivity index (χ1) is 11.6. The van der Waals surface area contributed by atoms with Crippen LogP contribution in [0.5, 0.6) is 5.75 Å². The van der Waals surface area contributed by atoms with Crippen LogP contribution in [-0.4, -0.2) is 10.7 Å². The average Bonchev–Trinajstić information content (AvgIpc) is 2.60. The van der Waals surface area contributed by atoms with Crippen molar-refractivity contribution in [1.29, 1.82) is 0 Å². The van der Waals surface area contributed by atoms with Crippen LogP contribution in [0.3, 0.4) is 0 Å². The summed E-state index contributed by atoms with van der Waals surface area (Å²) in [6.07, 6.45) is 2.82. The molecule has 0 unspecified atom stereocenters. The molecule has 0 fully saturated rings. The number of ketones is 1. The average molecular weight is 318 g/mol. The van der Waals surface area contributed by atoms with Crippen LogP contribution >= 0.6 is 0 Å². The van der Waals surface area contributed by atoms with E-state index in [1.165, 1.54) is 18.2 Å². The lowest BCUT2D eigenvalue weighted by molar-refractivity contribution is -0.398. The van der Waals surface area contributed by atoms with Crippen molar-refractivity contribution in [1.82, 2.24) is 0 Å². The van der Waals surface area contributed by atoms with Gasteiger partial charge in [0, 0.05) is 11.6 Å². The summed E-state index contributed by atoms with van der Waals surface area (Å²) in [6.45, 7) is 0. The van der Waals surface area contributed by atoms with E-state index in [9.17, 15) is 20.0 Å². The molecule has 0 aliphatic carbocycles. The third-order valence-corrected chi connectivity index (χ3v) is 3.66. The minimum Gasteiger partial charge on any atom is -0.868 e. The summed E-state index contributed by atoms with van der Waals surface area (Å²) in [7, 11) is 0. The molecule has 0 atom stereocenters. The maximum Gasteiger partial charge on any atom is 0.262 e. The first-order valence-electron chi connectivity index (χ1n) is 7.22. The van der Waals surface area contributed by atoms with Gasteiger partial charge in [-0.15, -0.1) is 0 Å². The van der Waals surface area contributed by atoms with E-state index < -0.39 is 16.4 Å². The van der Waals surface area contributed by atoms with Crippen LogP contribution in [0, 0.1) is 10.1 Å². The number of allylic oxidation sites excluding steroid dienone is 1. The smallest absolute Gasteiger partial charge is 0.262 e. The Labute approximate surface area is 137 Å². The molecule has 5 heteroatoms. The Morgan fingerprint density at radius 2 is 1.75 bits per heavy atom. The van der Waals surface area contributed by atoms with E-state index in [-0.39, 0.29) is 5.78 Å². The number of nitrogens with zero attached hydrogens (tertiary/aromatic N) is 1. The number of hydrogen-bond donors (Lipinski definition) is 0. The van der Waals surface area contributed by atoms with Gasteiger partial charge in [-0.2, -0.15) is 0 Å². The standard InChI is InChI=1S/C19H13NO4/c21-18(16-7-3-5-14-4-1-2-6-15(14)16)10-8-13-9-11-19(22)17(12-13)20(23)24/h1-12,22H/p-1/b10-8+. The zero-order valence-corrected chi connectivity index (χ0v) is 12.5. The second-order valence-corrected chi connectivity index (χ2v) is 5.21. The summed E-state index contributed by atoms with van der Waals surface area (Å²) in [5.41, 5.74) is 0.476. The Morgan fingerprint density at radius 3 is 2.54 bits per heavy atom. The predicted molar refractivity (Wildman–Crippen MR) is 89.9 cm³/mol. The molecule has 5 nitrogen and oxygen atoms in total. The number of carbonyl (C=O) groups is 1. The van der Waals surface area contributed by atoms with Crippen LogP contribution in [-0.2, 0) is 0 Å². The van der Waals surface area contributed by atoms with E-state index >= 15 is 0 Å². The van der Waals surface area contributed by atoms with E-state index in [0.717, 1.165) is 22.9 Å². The number of nitro groups is 1. The predicted octanol–water partition coefficient (Wildman–Crippen LogP) is 3.72. The Bertz CT molecular complexity index is 971. The maximum absolute atomic E-state index is 12.4. The SMILES string of the molecule is O=C(/C=C/c1ccc([O-])c([N+](=O)[O-])c1)c1cccc2ccccc12. The number of hydrogen-bond acceptors (Lipinski definition) is 4. The highest BCUT2D eigenvalue weighted by Crippen LogP contribution is 2.25. The molecule has 3 aromatic rings. The van der Waals surface area contributed by atoms with Crippen molar-refractivity contribution in [2.45, 2.75) is 0 Å². The van der Waals surface area contributed by atoms with Crippen LogP contribution in [0.4, 0.5) is 5.69 Å². The van der Waals surface area contributed by atoms with Crippen molar-refractivity contribution in [2.75, 3.05) is 0 Å². The summed E-state index contributed by atoms with van der Waals surface area (Å²) >= 11 is 0. The lowest BCUT2D eigenvalue weighted by Crippen LogP contribution is -1.98. The fourth-order valence-corrected chi connectivity index (χ4v) is 2.48. The molecule has 3 aromatic carbocycles. The van der Waals surface area contributed by atoms with Gasteiger partial charge in [-0.25, -0.2) is 0 Å². The molecule has 0 saturated heterocycles. The molecule has 0 N–H and O–H groups in total. The normalized spacial score (nSPS) is 11.0. The van der Waals surface area contributed by atoms with Gasteiger partial charge in [0.2, 0.25) is 0 Å². The third-order valence-electron chi connectivity index (χ3n) is 3.66. The molecule has 0 amide bonds. The van der Waals surface area contributed by atoms with E-state index in [1.54, 1.807) is 12.1 Å². The molecule has 0 bridgehead atoms. The summed E-state index contributed by atoms with van der Waals surface area (Å²) in [5, 5.41) is 24.0. The van der Waals surface area contributed by atoms with E-state index in [1.807, 2.05) is 30.3 Å². The van der Waals surface area contributed by atoms with Crippen LogP contribution in [0.15, 0.2) is 66.7 Å². The topological polar surface area (TPSA) is 83.3 Å². The number of fused-ring (bicyclic) bond motifs is 1. The van der Waals surface area contributed by atoms with Crippen LogP contribution in [0.2, 0.25) is 0 Å². The maximum atomic E-state index is 12.4. The summed E-state index contributed by atoms with van der Waals surface area (Å²) in [5.74, 6) is -0.863. The van der Waals surface area contributed by atoms with Gasteiger partial charge in [-0.3, -0.25) is 14.9 Å². The lowest BCUT2D eigenvalue weighted by atomic mass is 10.0. The zero-order chi connectivity index (χ0) is 17.1. The molecule has 0 aliphatic heterocycles. The first kappa shape index (κ1) is 15.4.